The van der Waals surface area contributed by atoms with E-state index in [1.807, 2.05) is 13.0 Å². The first kappa shape index (κ1) is 19.9. The van der Waals surface area contributed by atoms with E-state index in [9.17, 15) is 14.0 Å². The number of carbonyl (C=O) groups is 2. The Balaban J connectivity index is 1.86. The van der Waals surface area contributed by atoms with E-state index in [0.29, 0.717) is 21.9 Å². The molecule has 2 amide bonds. The third kappa shape index (κ3) is 5.80. The highest BCUT2D eigenvalue weighted by molar-refractivity contribution is 9.10. The third-order valence-corrected chi connectivity index (χ3v) is 5.41. The largest absolute Gasteiger partial charge is 0.351 e. The maximum atomic E-state index is 13.2. The molecule has 0 atom stereocenters. The Morgan fingerprint density at radius 1 is 1.32 bits per heavy atom. The van der Waals surface area contributed by atoms with Gasteiger partial charge in [0.2, 0.25) is 5.91 Å². The van der Waals surface area contributed by atoms with Crippen LogP contribution in [0.15, 0.2) is 34.8 Å². The quantitative estimate of drug-likeness (QED) is 0.681. The molecule has 0 spiro atoms. The van der Waals surface area contributed by atoms with E-state index in [4.69, 9.17) is 11.6 Å². The number of halogens is 3. The molecule has 1 heterocycles. The molecular formula is C17H17BrClFN2O2S. The van der Waals surface area contributed by atoms with Crippen LogP contribution in [0.1, 0.15) is 28.6 Å². The van der Waals surface area contributed by atoms with Crippen molar-refractivity contribution in [2.45, 2.75) is 19.9 Å². The summed E-state index contributed by atoms with van der Waals surface area (Å²) in [7, 11) is 0. The van der Waals surface area contributed by atoms with Crippen LogP contribution in [0.5, 0.6) is 0 Å². The van der Waals surface area contributed by atoms with Gasteiger partial charge in [-0.2, -0.15) is 0 Å². The van der Waals surface area contributed by atoms with Crippen molar-refractivity contribution >= 4 is 50.7 Å². The van der Waals surface area contributed by atoms with Gasteiger partial charge >= 0.3 is 0 Å². The van der Waals surface area contributed by atoms with Crippen molar-refractivity contribution in [2.75, 3.05) is 13.1 Å². The van der Waals surface area contributed by atoms with Crippen LogP contribution >= 0.6 is 38.9 Å². The zero-order valence-corrected chi connectivity index (χ0v) is 16.7. The molecular weight excluding hydrogens is 431 g/mol. The topological polar surface area (TPSA) is 49.4 Å². The van der Waals surface area contributed by atoms with Crippen LogP contribution in [0.25, 0.3) is 0 Å². The van der Waals surface area contributed by atoms with Crippen molar-refractivity contribution in [1.29, 1.82) is 0 Å². The number of hydrogen-bond acceptors (Lipinski definition) is 3. The summed E-state index contributed by atoms with van der Waals surface area (Å²) in [6, 6.07) is 7.59. The Bertz CT molecular complexity index is 769. The van der Waals surface area contributed by atoms with Crippen LogP contribution in [0.3, 0.4) is 0 Å². The van der Waals surface area contributed by atoms with Gasteiger partial charge in [-0.1, -0.05) is 11.6 Å². The smallest absolute Gasteiger partial charge is 0.252 e. The molecule has 134 valence electrons. The van der Waals surface area contributed by atoms with E-state index in [1.54, 1.807) is 11.0 Å². The lowest BCUT2D eigenvalue weighted by atomic mass is 10.2. The van der Waals surface area contributed by atoms with Gasteiger partial charge in [0.1, 0.15) is 5.82 Å². The van der Waals surface area contributed by atoms with E-state index in [0.717, 1.165) is 10.9 Å². The highest BCUT2D eigenvalue weighted by atomic mass is 79.9. The number of carbonyl (C=O) groups excluding carboxylic acids is 2. The van der Waals surface area contributed by atoms with Crippen LogP contribution < -0.4 is 5.32 Å². The number of nitrogens with one attached hydrogen (secondary N) is 1. The van der Waals surface area contributed by atoms with Crippen molar-refractivity contribution in [2.24, 2.45) is 0 Å². The maximum Gasteiger partial charge on any atom is 0.252 e. The number of rotatable bonds is 7. The Morgan fingerprint density at radius 3 is 2.72 bits per heavy atom. The summed E-state index contributed by atoms with van der Waals surface area (Å²) in [6.45, 7) is 3.14. The lowest BCUT2D eigenvalue weighted by Crippen LogP contribution is -2.34. The lowest BCUT2D eigenvalue weighted by Gasteiger charge is -2.20. The molecule has 0 saturated carbocycles. The van der Waals surface area contributed by atoms with Crippen LogP contribution in [-0.4, -0.2) is 29.8 Å². The first-order valence-corrected chi connectivity index (χ1v) is 9.64. The van der Waals surface area contributed by atoms with E-state index < -0.39 is 11.7 Å². The molecule has 0 bridgehead atoms. The standard InChI is InChI=1S/C17H17BrClFN2O2S/c1-2-22(10-12-4-6-15(19)25-12)16(23)7-8-21-17(24)13-9-11(20)3-5-14(13)18/h3-6,9H,2,7-8,10H2,1H3,(H,21,24). The molecule has 1 N–H and O–H groups in total. The van der Waals surface area contributed by atoms with Crippen LogP contribution in [0.2, 0.25) is 4.34 Å². The van der Waals surface area contributed by atoms with Gasteiger partial charge in [0.15, 0.2) is 0 Å². The number of nitrogens with zero attached hydrogens (tertiary/aromatic N) is 1. The highest BCUT2D eigenvalue weighted by Gasteiger charge is 2.15. The Labute approximate surface area is 163 Å². The number of benzene rings is 1. The molecule has 25 heavy (non-hydrogen) atoms. The lowest BCUT2D eigenvalue weighted by molar-refractivity contribution is -0.131. The molecule has 8 heteroatoms. The van der Waals surface area contributed by atoms with Crippen LogP contribution in [-0.2, 0) is 11.3 Å². The monoisotopic (exact) mass is 446 g/mol. The van der Waals surface area contributed by atoms with Crippen molar-refractivity contribution in [3.63, 3.8) is 0 Å². The predicted molar refractivity (Wildman–Crippen MR) is 101 cm³/mol. The Morgan fingerprint density at radius 2 is 2.08 bits per heavy atom. The van der Waals surface area contributed by atoms with Gasteiger partial charge in [0, 0.05) is 28.9 Å². The average Bonchev–Trinajstić information content (AvgIpc) is 2.99. The van der Waals surface area contributed by atoms with Crippen molar-refractivity contribution < 1.29 is 14.0 Å². The molecule has 0 unspecified atom stereocenters. The van der Waals surface area contributed by atoms with Gasteiger partial charge in [-0.3, -0.25) is 9.59 Å². The fourth-order valence-electron chi connectivity index (χ4n) is 2.21. The zero-order chi connectivity index (χ0) is 18.4. The molecule has 4 nitrogen and oxygen atoms in total. The highest BCUT2D eigenvalue weighted by Crippen LogP contribution is 2.23. The van der Waals surface area contributed by atoms with Gasteiger partial charge in [-0.15, -0.1) is 11.3 Å². The second kappa shape index (κ2) is 9.31. The molecule has 0 fully saturated rings. The molecule has 0 aliphatic heterocycles. The van der Waals surface area contributed by atoms with Gasteiger partial charge in [-0.05, 0) is 53.2 Å². The molecule has 1 aromatic carbocycles. The second-order valence-electron chi connectivity index (χ2n) is 5.24. The summed E-state index contributed by atoms with van der Waals surface area (Å²) in [6.07, 6.45) is 0.172. The summed E-state index contributed by atoms with van der Waals surface area (Å²) < 4.78 is 14.4. The SMILES string of the molecule is CCN(Cc1ccc(Cl)s1)C(=O)CCNC(=O)c1cc(F)ccc1Br. The average molecular weight is 448 g/mol. The Hall–Kier alpha value is -1.44. The predicted octanol–water partition coefficient (Wildman–Crippen LogP) is 4.47. The first-order chi connectivity index (χ1) is 11.9. The van der Waals surface area contributed by atoms with Crippen molar-refractivity contribution in [3.8, 4) is 0 Å². The van der Waals surface area contributed by atoms with Gasteiger partial charge in [0.05, 0.1) is 16.4 Å². The second-order valence-corrected chi connectivity index (χ2v) is 7.90. The molecule has 2 rings (SSSR count). The Kier molecular flexibility index (Phi) is 7.40. The molecule has 0 radical (unpaired) electrons. The minimum absolute atomic E-state index is 0.0642. The fourth-order valence-corrected chi connectivity index (χ4v) is 3.74. The van der Waals surface area contributed by atoms with E-state index in [2.05, 4.69) is 21.2 Å². The van der Waals surface area contributed by atoms with Crippen molar-refractivity contribution in [3.05, 3.63) is 55.4 Å². The first-order valence-electron chi connectivity index (χ1n) is 7.66. The van der Waals surface area contributed by atoms with E-state index >= 15 is 0 Å². The minimum Gasteiger partial charge on any atom is -0.351 e. The number of amides is 2. The van der Waals surface area contributed by atoms with Gasteiger partial charge in [-0.25, -0.2) is 4.39 Å². The number of hydrogen-bond donors (Lipinski definition) is 1. The molecule has 2 aromatic rings. The van der Waals surface area contributed by atoms with Crippen molar-refractivity contribution in [1.82, 2.24) is 10.2 Å². The summed E-state index contributed by atoms with van der Waals surface area (Å²) in [4.78, 5) is 27.1. The summed E-state index contributed by atoms with van der Waals surface area (Å²) in [5.74, 6) is -0.978. The third-order valence-electron chi connectivity index (χ3n) is 3.51. The maximum absolute atomic E-state index is 13.2. The number of thiophene rings is 1. The molecule has 0 aliphatic rings. The molecule has 0 saturated heterocycles. The van der Waals surface area contributed by atoms with Crippen LogP contribution in [0, 0.1) is 5.82 Å². The van der Waals surface area contributed by atoms with Gasteiger partial charge in [0.25, 0.3) is 5.91 Å². The summed E-state index contributed by atoms with van der Waals surface area (Å²) in [5.41, 5.74) is 0.202. The normalized spacial score (nSPS) is 10.6. The molecule has 0 aliphatic carbocycles. The zero-order valence-electron chi connectivity index (χ0n) is 13.5. The minimum atomic E-state index is -0.490. The summed E-state index contributed by atoms with van der Waals surface area (Å²) >= 11 is 10.6. The molecule has 1 aromatic heterocycles. The van der Waals surface area contributed by atoms with E-state index in [-0.39, 0.29) is 24.4 Å². The van der Waals surface area contributed by atoms with Gasteiger partial charge < -0.3 is 10.2 Å². The summed E-state index contributed by atoms with van der Waals surface area (Å²) in [5, 5.41) is 2.64. The fraction of sp³-hybridized carbons (Fsp3) is 0.294. The van der Waals surface area contributed by atoms with Crippen LogP contribution in [0.4, 0.5) is 4.39 Å². The van der Waals surface area contributed by atoms with E-state index in [1.165, 1.54) is 23.5 Å².